The molecule has 0 saturated carbocycles. The van der Waals surface area contributed by atoms with Crippen LogP contribution in [0.3, 0.4) is 0 Å². The van der Waals surface area contributed by atoms with Crippen molar-refractivity contribution in [2.24, 2.45) is 11.7 Å². The van der Waals surface area contributed by atoms with E-state index in [9.17, 15) is 0 Å². The van der Waals surface area contributed by atoms with Gasteiger partial charge in [-0.1, -0.05) is 13.0 Å². The molecule has 17 heavy (non-hydrogen) atoms. The monoisotopic (exact) mass is 235 g/mol. The fourth-order valence-electron chi connectivity index (χ4n) is 2.34. The van der Waals surface area contributed by atoms with E-state index in [2.05, 4.69) is 26.0 Å². The van der Waals surface area contributed by atoms with Crippen LogP contribution in [-0.4, -0.2) is 19.3 Å². The minimum absolute atomic E-state index is 0.266. The lowest BCUT2D eigenvalue weighted by atomic mass is 9.95. The quantitative estimate of drug-likeness (QED) is 0.871. The summed E-state index contributed by atoms with van der Waals surface area (Å²) in [6.07, 6.45) is 2.09. The molecule has 3 nitrogen and oxygen atoms in total. The van der Waals surface area contributed by atoms with Crippen LogP contribution >= 0.6 is 0 Å². The lowest BCUT2D eigenvalue weighted by molar-refractivity contribution is 0.171. The fourth-order valence-corrected chi connectivity index (χ4v) is 2.34. The van der Waals surface area contributed by atoms with Gasteiger partial charge in [0.05, 0.1) is 0 Å². The van der Waals surface area contributed by atoms with Crippen LogP contribution in [0, 0.1) is 5.92 Å². The van der Waals surface area contributed by atoms with Crippen LogP contribution in [0.25, 0.3) is 0 Å². The second-order valence-electron chi connectivity index (χ2n) is 5.00. The minimum Gasteiger partial charge on any atom is -0.486 e. The number of hydrogen-bond donors (Lipinski definition) is 1. The molecule has 0 spiro atoms. The lowest BCUT2D eigenvalue weighted by Gasteiger charge is -2.20. The molecule has 2 N–H and O–H groups in total. The first-order valence-corrected chi connectivity index (χ1v) is 6.29. The van der Waals surface area contributed by atoms with E-state index in [-0.39, 0.29) is 6.04 Å². The molecule has 0 saturated heterocycles. The topological polar surface area (TPSA) is 44.5 Å². The van der Waals surface area contributed by atoms with Crippen molar-refractivity contribution in [3.63, 3.8) is 0 Å². The first-order chi connectivity index (χ1) is 8.15. The Labute approximate surface area is 103 Å². The summed E-state index contributed by atoms with van der Waals surface area (Å²) >= 11 is 0. The summed E-state index contributed by atoms with van der Waals surface area (Å²) in [5.41, 5.74) is 7.11. The van der Waals surface area contributed by atoms with Crippen molar-refractivity contribution in [1.82, 2.24) is 0 Å². The molecule has 0 bridgehead atoms. The molecule has 94 valence electrons. The molecule has 1 aromatic rings. The minimum atomic E-state index is 0.266. The SMILES string of the molecule is CC(N)CC(C)Cc1ccc2c(c1)OCCO2. The molecule has 0 aliphatic carbocycles. The van der Waals surface area contributed by atoms with E-state index in [1.54, 1.807) is 0 Å². The molecule has 2 atom stereocenters. The molecule has 1 heterocycles. The molecule has 1 aromatic carbocycles. The van der Waals surface area contributed by atoms with Gasteiger partial charge in [0.1, 0.15) is 13.2 Å². The zero-order valence-electron chi connectivity index (χ0n) is 10.6. The van der Waals surface area contributed by atoms with Gasteiger partial charge in [0.15, 0.2) is 11.5 Å². The van der Waals surface area contributed by atoms with Gasteiger partial charge in [0, 0.05) is 6.04 Å². The molecular weight excluding hydrogens is 214 g/mol. The number of fused-ring (bicyclic) bond motifs is 1. The first-order valence-electron chi connectivity index (χ1n) is 6.29. The maximum absolute atomic E-state index is 5.81. The van der Waals surface area contributed by atoms with Crippen LogP contribution in [0.15, 0.2) is 18.2 Å². The third kappa shape index (κ3) is 3.37. The number of hydrogen-bond acceptors (Lipinski definition) is 3. The average Bonchev–Trinajstić information content (AvgIpc) is 2.27. The molecule has 2 rings (SSSR count). The van der Waals surface area contributed by atoms with Crippen molar-refractivity contribution in [2.75, 3.05) is 13.2 Å². The van der Waals surface area contributed by atoms with E-state index < -0.39 is 0 Å². The van der Waals surface area contributed by atoms with E-state index in [1.165, 1.54) is 5.56 Å². The molecular formula is C14H21NO2. The Kier molecular flexibility index (Phi) is 3.89. The highest BCUT2D eigenvalue weighted by Gasteiger charge is 2.13. The molecule has 0 aromatic heterocycles. The Balaban J connectivity index is 2.01. The summed E-state index contributed by atoms with van der Waals surface area (Å²) in [4.78, 5) is 0. The molecule has 3 heteroatoms. The molecule has 1 aliphatic heterocycles. The van der Waals surface area contributed by atoms with Gasteiger partial charge < -0.3 is 15.2 Å². The second kappa shape index (κ2) is 5.41. The highest BCUT2D eigenvalue weighted by atomic mass is 16.6. The van der Waals surface area contributed by atoms with Gasteiger partial charge in [-0.2, -0.15) is 0 Å². The normalized spacial score (nSPS) is 17.6. The Morgan fingerprint density at radius 3 is 2.59 bits per heavy atom. The summed E-state index contributed by atoms with van der Waals surface area (Å²) in [6.45, 7) is 5.58. The second-order valence-corrected chi connectivity index (χ2v) is 5.00. The maximum Gasteiger partial charge on any atom is 0.161 e. The van der Waals surface area contributed by atoms with Crippen molar-refractivity contribution < 1.29 is 9.47 Å². The Morgan fingerprint density at radius 1 is 1.18 bits per heavy atom. The standard InChI is InChI=1S/C14H21NO2/c1-10(7-11(2)15)8-12-3-4-13-14(9-12)17-6-5-16-13/h3-4,9-11H,5-8,15H2,1-2H3. The fraction of sp³-hybridized carbons (Fsp3) is 0.571. The highest BCUT2D eigenvalue weighted by Crippen LogP contribution is 2.31. The van der Waals surface area contributed by atoms with E-state index in [0.29, 0.717) is 19.1 Å². The van der Waals surface area contributed by atoms with Crippen LogP contribution in [-0.2, 0) is 6.42 Å². The van der Waals surface area contributed by atoms with E-state index in [1.807, 2.05) is 6.07 Å². The van der Waals surface area contributed by atoms with Crippen LogP contribution < -0.4 is 15.2 Å². The average molecular weight is 235 g/mol. The lowest BCUT2D eigenvalue weighted by Crippen LogP contribution is -2.19. The third-order valence-electron chi connectivity index (χ3n) is 2.96. The molecule has 1 aliphatic rings. The number of rotatable bonds is 4. The van der Waals surface area contributed by atoms with Gasteiger partial charge in [0.2, 0.25) is 0 Å². The Hall–Kier alpha value is -1.22. The summed E-state index contributed by atoms with van der Waals surface area (Å²) in [5, 5.41) is 0. The van der Waals surface area contributed by atoms with Crippen LogP contribution in [0.4, 0.5) is 0 Å². The van der Waals surface area contributed by atoms with Crippen LogP contribution in [0.2, 0.25) is 0 Å². The van der Waals surface area contributed by atoms with E-state index in [4.69, 9.17) is 15.2 Å². The summed E-state index contributed by atoms with van der Waals surface area (Å²) < 4.78 is 11.1. The zero-order chi connectivity index (χ0) is 12.3. The molecule has 0 fully saturated rings. The summed E-state index contributed by atoms with van der Waals surface area (Å²) in [7, 11) is 0. The van der Waals surface area contributed by atoms with Gasteiger partial charge in [-0.25, -0.2) is 0 Å². The Bertz CT molecular complexity index is 376. The zero-order valence-corrected chi connectivity index (χ0v) is 10.6. The first kappa shape index (κ1) is 12.2. The van der Waals surface area contributed by atoms with Crippen molar-refractivity contribution in [2.45, 2.75) is 32.7 Å². The van der Waals surface area contributed by atoms with Gasteiger partial charge in [-0.15, -0.1) is 0 Å². The molecule has 0 radical (unpaired) electrons. The van der Waals surface area contributed by atoms with Gasteiger partial charge in [-0.05, 0) is 43.4 Å². The van der Waals surface area contributed by atoms with Crippen molar-refractivity contribution in [3.8, 4) is 11.5 Å². The van der Waals surface area contributed by atoms with Gasteiger partial charge in [0.25, 0.3) is 0 Å². The van der Waals surface area contributed by atoms with Gasteiger partial charge in [-0.3, -0.25) is 0 Å². The Morgan fingerprint density at radius 2 is 1.88 bits per heavy atom. The number of benzene rings is 1. The summed E-state index contributed by atoms with van der Waals surface area (Å²) in [5.74, 6) is 2.33. The smallest absolute Gasteiger partial charge is 0.161 e. The number of ether oxygens (including phenoxy) is 2. The third-order valence-corrected chi connectivity index (χ3v) is 2.96. The molecule has 0 amide bonds. The maximum atomic E-state index is 5.81. The van der Waals surface area contributed by atoms with Crippen LogP contribution in [0.1, 0.15) is 25.8 Å². The van der Waals surface area contributed by atoms with Crippen molar-refractivity contribution in [3.05, 3.63) is 23.8 Å². The predicted molar refractivity (Wildman–Crippen MR) is 68.6 cm³/mol. The van der Waals surface area contributed by atoms with E-state index >= 15 is 0 Å². The van der Waals surface area contributed by atoms with Crippen LogP contribution in [0.5, 0.6) is 11.5 Å². The predicted octanol–water partition coefficient (Wildman–Crippen LogP) is 2.37. The largest absolute Gasteiger partial charge is 0.486 e. The number of nitrogens with two attached hydrogens (primary N) is 1. The van der Waals surface area contributed by atoms with Gasteiger partial charge >= 0.3 is 0 Å². The van der Waals surface area contributed by atoms with Crippen molar-refractivity contribution >= 4 is 0 Å². The van der Waals surface area contributed by atoms with Crippen molar-refractivity contribution in [1.29, 1.82) is 0 Å². The highest BCUT2D eigenvalue weighted by molar-refractivity contribution is 5.43. The van der Waals surface area contributed by atoms with E-state index in [0.717, 1.165) is 24.3 Å². The summed E-state index contributed by atoms with van der Waals surface area (Å²) in [6, 6.07) is 6.47. The molecule has 2 unspecified atom stereocenters.